The van der Waals surface area contributed by atoms with Crippen LogP contribution in [-0.4, -0.2) is 50.9 Å². The van der Waals surface area contributed by atoms with Crippen molar-refractivity contribution in [3.8, 4) is 0 Å². The fourth-order valence-electron chi connectivity index (χ4n) is 3.69. The zero-order valence-electron chi connectivity index (χ0n) is 15.3. The van der Waals surface area contributed by atoms with E-state index in [4.69, 9.17) is 4.74 Å². The molecule has 0 amide bonds. The molecule has 25 heavy (non-hydrogen) atoms. The van der Waals surface area contributed by atoms with Gasteiger partial charge >= 0.3 is 0 Å². The van der Waals surface area contributed by atoms with E-state index in [2.05, 4.69) is 40.8 Å². The van der Waals surface area contributed by atoms with Crippen LogP contribution >= 0.6 is 0 Å². The number of hydrogen-bond acceptors (Lipinski definition) is 4. The minimum atomic E-state index is -3.10. The molecule has 0 radical (unpaired) electrons. The molecule has 5 nitrogen and oxygen atoms in total. The van der Waals surface area contributed by atoms with Gasteiger partial charge < -0.3 is 4.74 Å². The first kappa shape index (κ1) is 18.8. The Kier molecular flexibility index (Phi) is 5.83. The average Bonchev–Trinajstić information content (AvgIpc) is 2.60. The molecule has 1 aromatic rings. The van der Waals surface area contributed by atoms with Crippen LogP contribution in [0.3, 0.4) is 0 Å². The highest BCUT2D eigenvalue weighted by molar-refractivity contribution is 7.89. The zero-order valence-corrected chi connectivity index (χ0v) is 16.1. The lowest BCUT2D eigenvalue weighted by molar-refractivity contribution is -0.181. The summed E-state index contributed by atoms with van der Waals surface area (Å²) >= 11 is 0. The Balaban J connectivity index is 1.40. The predicted molar refractivity (Wildman–Crippen MR) is 100.0 cm³/mol. The highest BCUT2D eigenvalue weighted by Gasteiger charge is 2.46. The molecule has 1 unspecified atom stereocenters. The van der Waals surface area contributed by atoms with Gasteiger partial charge in [0.15, 0.2) is 0 Å². The minimum Gasteiger partial charge on any atom is -0.372 e. The molecule has 0 saturated carbocycles. The number of aryl methyl sites for hydroxylation is 1. The Bertz CT molecular complexity index is 656. The molecule has 1 spiro atoms. The van der Waals surface area contributed by atoms with Crippen LogP contribution in [0.5, 0.6) is 0 Å². The molecule has 140 valence electrons. The number of benzene rings is 1. The van der Waals surface area contributed by atoms with Crippen molar-refractivity contribution < 1.29 is 13.2 Å². The molecule has 6 heteroatoms. The zero-order chi connectivity index (χ0) is 17.9. The summed E-state index contributed by atoms with van der Waals surface area (Å²) in [5.74, 6) is 0.432. The quantitative estimate of drug-likeness (QED) is 0.803. The Morgan fingerprint density at radius 3 is 2.44 bits per heavy atom. The van der Waals surface area contributed by atoms with Crippen molar-refractivity contribution in [3.05, 3.63) is 35.4 Å². The Labute approximate surface area is 151 Å². The van der Waals surface area contributed by atoms with Gasteiger partial charge in [-0.1, -0.05) is 31.2 Å². The molecule has 2 aliphatic rings. The number of rotatable bonds is 7. The van der Waals surface area contributed by atoms with Crippen molar-refractivity contribution in [1.29, 1.82) is 0 Å². The van der Waals surface area contributed by atoms with Crippen LogP contribution in [0.15, 0.2) is 24.3 Å². The third-order valence-electron chi connectivity index (χ3n) is 5.47. The number of likely N-dealkylation sites (tertiary alicyclic amines) is 1. The van der Waals surface area contributed by atoms with Crippen molar-refractivity contribution in [1.82, 2.24) is 9.62 Å². The summed E-state index contributed by atoms with van der Waals surface area (Å²) in [5.41, 5.74) is 2.74. The Hall–Kier alpha value is -0.950. The molecule has 2 aliphatic heterocycles. The van der Waals surface area contributed by atoms with Crippen molar-refractivity contribution in [2.45, 2.75) is 45.3 Å². The maximum Gasteiger partial charge on any atom is 0.211 e. The van der Waals surface area contributed by atoms with Gasteiger partial charge in [-0.15, -0.1) is 0 Å². The third kappa shape index (κ3) is 4.82. The van der Waals surface area contributed by atoms with E-state index in [0.29, 0.717) is 19.1 Å². The fourth-order valence-corrected chi connectivity index (χ4v) is 4.39. The van der Waals surface area contributed by atoms with Gasteiger partial charge in [-0.2, -0.15) is 0 Å². The molecule has 2 heterocycles. The summed E-state index contributed by atoms with van der Waals surface area (Å²) in [4.78, 5) is 2.43. The molecule has 0 aromatic heterocycles. The maximum atomic E-state index is 11.5. The second kappa shape index (κ2) is 7.74. The van der Waals surface area contributed by atoms with E-state index in [1.807, 2.05) is 0 Å². The smallest absolute Gasteiger partial charge is 0.211 e. The molecule has 1 aromatic carbocycles. The summed E-state index contributed by atoms with van der Waals surface area (Å²) < 4.78 is 31.9. The Morgan fingerprint density at radius 1 is 1.20 bits per heavy atom. The fraction of sp³-hybridized carbons (Fsp3) is 0.684. The van der Waals surface area contributed by atoms with Gasteiger partial charge in [0, 0.05) is 26.2 Å². The van der Waals surface area contributed by atoms with E-state index in [1.165, 1.54) is 11.1 Å². The summed E-state index contributed by atoms with van der Waals surface area (Å²) in [6.07, 6.45) is 3.14. The first-order valence-corrected chi connectivity index (χ1v) is 11.0. The molecular weight excluding hydrogens is 336 g/mol. The van der Waals surface area contributed by atoms with E-state index >= 15 is 0 Å². The van der Waals surface area contributed by atoms with Gasteiger partial charge in [0.25, 0.3) is 0 Å². The number of hydrogen-bond donors (Lipinski definition) is 1. The van der Waals surface area contributed by atoms with Crippen LogP contribution < -0.4 is 4.72 Å². The average molecular weight is 367 g/mol. The summed E-state index contributed by atoms with van der Waals surface area (Å²) in [5, 5.41) is 0. The van der Waals surface area contributed by atoms with E-state index in [9.17, 15) is 8.42 Å². The van der Waals surface area contributed by atoms with Gasteiger partial charge in [-0.05, 0) is 43.2 Å². The summed E-state index contributed by atoms with van der Waals surface area (Å²) in [7, 11) is -3.10. The lowest BCUT2D eigenvalue weighted by Crippen LogP contribution is -2.64. The van der Waals surface area contributed by atoms with Gasteiger partial charge in [-0.3, -0.25) is 4.90 Å². The second-order valence-corrected chi connectivity index (χ2v) is 9.56. The normalized spacial score (nSPS) is 23.5. The second-order valence-electron chi connectivity index (χ2n) is 7.47. The van der Waals surface area contributed by atoms with Crippen molar-refractivity contribution in [3.63, 3.8) is 0 Å². The van der Waals surface area contributed by atoms with Crippen molar-refractivity contribution in [2.24, 2.45) is 5.92 Å². The molecule has 1 atom stereocenters. The number of sulfonamides is 1. The van der Waals surface area contributed by atoms with Gasteiger partial charge in [0.1, 0.15) is 0 Å². The largest absolute Gasteiger partial charge is 0.372 e. The molecule has 0 bridgehead atoms. The molecule has 0 aliphatic carbocycles. The van der Waals surface area contributed by atoms with Crippen LogP contribution in [0, 0.1) is 5.92 Å². The SMILES string of the molecule is CCc1ccc(CN2CC3(CCC(CNS(=O)(=O)CC)CO3)C2)cc1. The minimum absolute atomic E-state index is 0.00346. The van der Waals surface area contributed by atoms with E-state index in [-0.39, 0.29) is 11.4 Å². The summed E-state index contributed by atoms with van der Waals surface area (Å²) in [6, 6.07) is 8.87. The van der Waals surface area contributed by atoms with E-state index in [0.717, 1.165) is 38.9 Å². The monoisotopic (exact) mass is 366 g/mol. The van der Waals surface area contributed by atoms with Crippen LogP contribution in [0.4, 0.5) is 0 Å². The highest BCUT2D eigenvalue weighted by atomic mass is 32.2. The van der Waals surface area contributed by atoms with Crippen LogP contribution in [-0.2, 0) is 27.7 Å². The van der Waals surface area contributed by atoms with Crippen LogP contribution in [0.25, 0.3) is 0 Å². The topological polar surface area (TPSA) is 58.6 Å². The van der Waals surface area contributed by atoms with Crippen LogP contribution in [0.2, 0.25) is 0 Å². The van der Waals surface area contributed by atoms with Gasteiger partial charge in [0.2, 0.25) is 10.0 Å². The Morgan fingerprint density at radius 2 is 1.88 bits per heavy atom. The predicted octanol–water partition coefficient (Wildman–Crippen LogP) is 2.17. The number of nitrogens with one attached hydrogen (secondary N) is 1. The third-order valence-corrected chi connectivity index (χ3v) is 6.83. The van der Waals surface area contributed by atoms with E-state index in [1.54, 1.807) is 6.92 Å². The molecule has 1 N–H and O–H groups in total. The summed E-state index contributed by atoms with van der Waals surface area (Å²) in [6.45, 7) is 7.94. The first-order chi connectivity index (χ1) is 11.9. The molecule has 2 saturated heterocycles. The maximum absolute atomic E-state index is 11.5. The standard InChI is InChI=1S/C19H30N2O3S/c1-3-16-5-7-17(8-6-16)12-21-14-19(15-21)10-9-18(13-24-19)11-20-25(22,23)4-2/h5-8,18,20H,3-4,9-15H2,1-2H3. The highest BCUT2D eigenvalue weighted by Crippen LogP contribution is 2.36. The molecular formula is C19H30N2O3S. The number of ether oxygens (including phenoxy) is 1. The van der Waals surface area contributed by atoms with E-state index < -0.39 is 10.0 Å². The van der Waals surface area contributed by atoms with Gasteiger partial charge in [-0.25, -0.2) is 13.1 Å². The van der Waals surface area contributed by atoms with Crippen LogP contribution in [0.1, 0.15) is 37.8 Å². The molecule has 3 rings (SSSR count). The molecule has 2 fully saturated rings. The van der Waals surface area contributed by atoms with Gasteiger partial charge in [0.05, 0.1) is 18.0 Å². The number of nitrogens with zero attached hydrogens (tertiary/aromatic N) is 1. The van der Waals surface area contributed by atoms with Crippen molar-refractivity contribution in [2.75, 3.05) is 32.0 Å². The first-order valence-electron chi connectivity index (χ1n) is 9.35. The van der Waals surface area contributed by atoms with Crippen molar-refractivity contribution >= 4 is 10.0 Å². The lowest BCUT2D eigenvalue weighted by Gasteiger charge is -2.53. The lowest BCUT2D eigenvalue weighted by atomic mass is 9.83.